The van der Waals surface area contributed by atoms with E-state index in [4.69, 9.17) is 4.74 Å². The molecule has 1 unspecified atom stereocenters. The van der Waals surface area contributed by atoms with Gasteiger partial charge in [-0.15, -0.1) is 0 Å². The average Bonchev–Trinajstić information content (AvgIpc) is 2.76. The molecule has 1 aliphatic heterocycles. The number of hydrogen-bond acceptors (Lipinski definition) is 4. The van der Waals surface area contributed by atoms with E-state index in [0.717, 1.165) is 36.9 Å². The van der Waals surface area contributed by atoms with E-state index in [9.17, 15) is 0 Å². The summed E-state index contributed by atoms with van der Waals surface area (Å²) in [5, 5.41) is 0.214. The molecule has 1 aliphatic rings. The molecular weight excluding hydrogens is 408 g/mol. The summed E-state index contributed by atoms with van der Waals surface area (Å²) >= 11 is 4.49. The maximum absolute atomic E-state index is 5.99. The Bertz CT molecular complexity index is 794. The van der Waals surface area contributed by atoms with Gasteiger partial charge in [0.2, 0.25) is 0 Å². The highest BCUT2D eigenvalue weighted by molar-refractivity contribution is 8.26. The minimum atomic E-state index is -1.49. The molecule has 1 fully saturated rings. The largest absolute Gasteiger partial charge is 0.457 e. The van der Waals surface area contributed by atoms with Crippen LogP contribution in [0.15, 0.2) is 67.0 Å². The van der Waals surface area contributed by atoms with Gasteiger partial charge in [0.25, 0.3) is 0 Å². The van der Waals surface area contributed by atoms with E-state index in [0.29, 0.717) is 0 Å². The van der Waals surface area contributed by atoms with Crippen molar-refractivity contribution >= 4 is 33.8 Å². The van der Waals surface area contributed by atoms with E-state index >= 15 is 0 Å². The minimum Gasteiger partial charge on any atom is -0.457 e. The molecular formula is C25H38N2OS2. The van der Waals surface area contributed by atoms with Gasteiger partial charge in [-0.3, -0.25) is 4.31 Å². The van der Waals surface area contributed by atoms with Crippen LogP contribution in [0.1, 0.15) is 26.2 Å². The highest BCUT2D eigenvalue weighted by atomic mass is 32.2. The van der Waals surface area contributed by atoms with Crippen LogP contribution in [-0.4, -0.2) is 64.7 Å². The fourth-order valence-electron chi connectivity index (χ4n) is 3.50. The lowest BCUT2D eigenvalue weighted by Crippen LogP contribution is -2.38. The van der Waals surface area contributed by atoms with Crippen LogP contribution in [0.5, 0.6) is 5.75 Å². The average molecular weight is 447 g/mol. The number of likely N-dealkylation sites (tertiary alicyclic amines) is 1. The fourth-order valence-corrected chi connectivity index (χ4v) is 5.62. The highest BCUT2D eigenvalue weighted by Crippen LogP contribution is 2.32. The first-order valence-electron chi connectivity index (χ1n) is 10.8. The Morgan fingerprint density at radius 3 is 2.53 bits per heavy atom. The Labute approximate surface area is 190 Å². The number of ether oxygens (including phenoxy) is 1. The number of para-hydroxylation sites is 1. The van der Waals surface area contributed by atoms with Gasteiger partial charge >= 0.3 is 0 Å². The Hall–Kier alpha value is -1.40. The second kappa shape index (κ2) is 13.1. The molecule has 0 saturated carbocycles. The summed E-state index contributed by atoms with van der Waals surface area (Å²) in [6, 6.07) is 9.80. The third-order valence-electron chi connectivity index (χ3n) is 5.46. The van der Waals surface area contributed by atoms with Crippen LogP contribution in [0.2, 0.25) is 0 Å². The lowest BCUT2D eigenvalue weighted by molar-refractivity contribution is 0.217. The summed E-state index contributed by atoms with van der Waals surface area (Å²) in [6.45, 7) is 11.4. The van der Waals surface area contributed by atoms with Gasteiger partial charge in [0.15, 0.2) is 0 Å². The van der Waals surface area contributed by atoms with Crippen molar-refractivity contribution in [3.8, 4) is 5.75 Å². The molecule has 5 heteroatoms. The number of rotatable bonds is 12. The molecule has 1 saturated heterocycles. The number of benzene rings is 1. The van der Waals surface area contributed by atoms with Gasteiger partial charge in [0, 0.05) is 30.6 Å². The first-order valence-corrected chi connectivity index (χ1v) is 13.4. The number of nitrogens with zero attached hydrogens (tertiary/aromatic N) is 2. The van der Waals surface area contributed by atoms with E-state index in [2.05, 4.69) is 53.2 Å². The van der Waals surface area contributed by atoms with Gasteiger partial charge < -0.3 is 9.64 Å². The van der Waals surface area contributed by atoms with Crippen LogP contribution in [0.4, 0.5) is 0 Å². The molecule has 0 bridgehead atoms. The molecule has 1 aromatic carbocycles. The third kappa shape index (κ3) is 8.03. The molecule has 0 spiro atoms. The van der Waals surface area contributed by atoms with Gasteiger partial charge in [0.05, 0.1) is 0 Å². The Morgan fingerprint density at radius 2 is 1.90 bits per heavy atom. The molecule has 2 rings (SSSR count). The summed E-state index contributed by atoms with van der Waals surface area (Å²) < 4.78 is 8.45. The summed E-state index contributed by atoms with van der Waals surface area (Å²) in [5.41, 5.74) is 0. The number of piperidine rings is 1. The smallest absolute Gasteiger partial charge is 0.127 e. The fraction of sp³-hybridized carbons (Fsp3) is 0.440. The normalized spacial score (nSPS) is 17.4. The van der Waals surface area contributed by atoms with Gasteiger partial charge in [-0.25, -0.2) is 0 Å². The monoisotopic (exact) mass is 446 g/mol. The zero-order chi connectivity index (χ0) is 21.8. The summed E-state index contributed by atoms with van der Waals surface area (Å²) in [5.74, 6) is 11.5. The molecule has 0 N–H and O–H groups in total. The lowest BCUT2D eigenvalue weighted by atomic mass is 10.1. The number of thiol groups is 1. The maximum atomic E-state index is 5.99. The number of hydrogen-bond donors (Lipinski definition) is 1. The Morgan fingerprint density at radius 1 is 1.20 bits per heavy atom. The van der Waals surface area contributed by atoms with Gasteiger partial charge in [-0.05, 0) is 57.1 Å². The minimum absolute atomic E-state index is 0.214. The van der Waals surface area contributed by atoms with E-state index < -0.39 is 9.39 Å². The summed E-state index contributed by atoms with van der Waals surface area (Å²) in [6.07, 6.45) is 11.8. The first-order chi connectivity index (χ1) is 14.5. The quantitative estimate of drug-likeness (QED) is 0.201. The molecule has 1 atom stereocenters. The van der Waals surface area contributed by atoms with E-state index in [1.807, 2.05) is 42.5 Å². The van der Waals surface area contributed by atoms with Gasteiger partial charge in [0.1, 0.15) is 11.5 Å². The summed E-state index contributed by atoms with van der Waals surface area (Å²) in [7, 11) is -1.49. The Kier molecular flexibility index (Phi) is 10.9. The Balaban J connectivity index is 2.04. The van der Waals surface area contributed by atoms with Crippen LogP contribution < -0.4 is 4.74 Å². The molecule has 30 heavy (non-hydrogen) atoms. The van der Waals surface area contributed by atoms with Crippen LogP contribution in [0, 0.1) is 0 Å². The lowest BCUT2D eigenvalue weighted by Gasteiger charge is -2.36. The molecule has 166 valence electrons. The predicted molar refractivity (Wildman–Crippen MR) is 142 cm³/mol. The van der Waals surface area contributed by atoms with Crippen molar-refractivity contribution in [2.75, 3.05) is 38.5 Å². The molecule has 0 aromatic heterocycles. The number of allylic oxidation sites excluding steroid dienone is 3. The third-order valence-corrected chi connectivity index (χ3v) is 8.60. The molecule has 0 amide bonds. The van der Waals surface area contributed by atoms with Crippen molar-refractivity contribution in [3.63, 3.8) is 0 Å². The molecule has 3 nitrogen and oxygen atoms in total. The van der Waals surface area contributed by atoms with Crippen LogP contribution in [-0.2, 0) is 0 Å². The van der Waals surface area contributed by atoms with Gasteiger partial charge in [-0.1, -0.05) is 55.1 Å². The van der Waals surface area contributed by atoms with E-state index in [-0.39, 0.29) is 5.25 Å². The van der Waals surface area contributed by atoms with Crippen molar-refractivity contribution in [1.29, 1.82) is 0 Å². The predicted octanol–water partition coefficient (Wildman–Crippen LogP) is 5.38. The topological polar surface area (TPSA) is 15.7 Å². The SMILES string of the molecule is C=C/C=C(\C=C/C(C)S(=C)(=C)N(CCS)CCN1CCCCC1)Oc1ccccc1. The highest BCUT2D eigenvalue weighted by Gasteiger charge is 2.18. The zero-order valence-corrected chi connectivity index (χ0v) is 20.1. The maximum Gasteiger partial charge on any atom is 0.127 e. The second-order valence-corrected chi connectivity index (χ2v) is 11.2. The molecule has 0 radical (unpaired) electrons. The van der Waals surface area contributed by atoms with Crippen molar-refractivity contribution in [3.05, 3.63) is 67.0 Å². The van der Waals surface area contributed by atoms with Crippen molar-refractivity contribution in [2.24, 2.45) is 0 Å². The zero-order valence-electron chi connectivity index (χ0n) is 18.4. The van der Waals surface area contributed by atoms with Crippen molar-refractivity contribution < 1.29 is 4.74 Å². The van der Waals surface area contributed by atoms with Gasteiger partial charge in [-0.2, -0.15) is 22.0 Å². The van der Waals surface area contributed by atoms with E-state index in [1.54, 1.807) is 6.08 Å². The van der Waals surface area contributed by atoms with Crippen LogP contribution in [0.25, 0.3) is 0 Å². The summed E-state index contributed by atoms with van der Waals surface area (Å²) in [4.78, 5) is 2.57. The molecule has 1 aromatic rings. The molecule has 0 aliphatic carbocycles. The van der Waals surface area contributed by atoms with Crippen molar-refractivity contribution in [2.45, 2.75) is 31.4 Å². The van der Waals surface area contributed by atoms with Crippen LogP contribution in [0.3, 0.4) is 0 Å². The standard InChI is InChI=1S/C25H38N2OS2/c1-5-12-24(28-25-13-8-6-9-14-25)16-15-23(2)30(3,4)27(21-22-29)20-19-26-17-10-7-11-18-26/h5-6,8-9,12-16,23,29H,1,3-4,7,10-11,17-22H2,2H3/b16-15-,24-12+. The first kappa shape index (κ1) is 24.9. The second-order valence-electron chi connectivity index (χ2n) is 7.74. The van der Waals surface area contributed by atoms with Crippen molar-refractivity contribution in [1.82, 2.24) is 9.21 Å². The van der Waals surface area contributed by atoms with Crippen LogP contribution >= 0.6 is 22.0 Å². The van der Waals surface area contributed by atoms with E-state index in [1.165, 1.54) is 32.4 Å². The molecule has 1 heterocycles.